The minimum absolute atomic E-state index is 0.0513. The van der Waals surface area contributed by atoms with Gasteiger partial charge < -0.3 is 15.0 Å². The molecule has 1 aliphatic carbocycles. The molecule has 1 atom stereocenters. The van der Waals surface area contributed by atoms with Crippen LogP contribution in [0.5, 0.6) is 5.75 Å². The summed E-state index contributed by atoms with van der Waals surface area (Å²) in [5, 5.41) is 3.57. The highest BCUT2D eigenvalue weighted by atomic mass is 35.5. The Morgan fingerprint density at radius 2 is 1.60 bits per heavy atom. The summed E-state index contributed by atoms with van der Waals surface area (Å²) in [6.07, 6.45) is 4.27. The number of nitrogens with one attached hydrogen (secondary N) is 1. The summed E-state index contributed by atoms with van der Waals surface area (Å²) < 4.78 is 34.5. The first-order valence-corrected chi connectivity index (χ1v) is 16.2. The van der Waals surface area contributed by atoms with E-state index in [9.17, 15) is 18.0 Å². The molecular weight excluding hydrogens is 574 g/mol. The molecule has 0 heterocycles. The van der Waals surface area contributed by atoms with Gasteiger partial charge in [-0.05, 0) is 74.2 Å². The van der Waals surface area contributed by atoms with E-state index in [-0.39, 0.29) is 23.4 Å². The molecule has 10 heteroatoms. The van der Waals surface area contributed by atoms with E-state index in [1.165, 1.54) is 17.0 Å². The summed E-state index contributed by atoms with van der Waals surface area (Å²) in [4.78, 5) is 29.2. The molecule has 1 N–H and O–H groups in total. The van der Waals surface area contributed by atoms with Crippen LogP contribution in [0.1, 0.15) is 51.5 Å². The molecule has 3 aromatic rings. The lowest BCUT2D eigenvalue weighted by atomic mass is 10.1. The predicted octanol–water partition coefficient (Wildman–Crippen LogP) is 5.80. The van der Waals surface area contributed by atoms with E-state index in [1.54, 1.807) is 60.7 Å². The second-order valence-electron chi connectivity index (χ2n) is 10.3. The largest absolute Gasteiger partial charge is 0.494 e. The molecule has 0 bridgehead atoms. The summed E-state index contributed by atoms with van der Waals surface area (Å²) in [5.74, 6) is -0.181. The van der Waals surface area contributed by atoms with Crippen LogP contribution in [0, 0.1) is 0 Å². The first-order chi connectivity index (χ1) is 20.2. The molecule has 1 unspecified atom stereocenters. The summed E-state index contributed by atoms with van der Waals surface area (Å²) in [6.45, 7) is 3.71. The molecule has 42 heavy (non-hydrogen) atoms. The van der Waals surface area contributed by atoms with Gasteiger partial charge in [0.05, 0.1) is 17.2 Å². The van der Waals surface area contributed by atoms with E-state index in [1.807, 2.05) is 19.9 Å². The van der Waals surface area contributed by atoms with Gasteiger partial charge in [-0.25, -0.2) is 8.42 Å². The van der Waals surface area contributed by atoms with Gasteiger partial charge in [-0.2, -0.15) is 0 Å². The molecule has 3 aromatic carbocycles. The molecule has 2 amide bonds. The SMILES string of the molecule is CCOc1ccc(N(CC(=O)N(Cc2ccccc2Cl)C(CC)C(=O)NC2CCCC2)S(=O)(=O)c2ccccc2)cc1. The van der Waals surface area contributed by atoms with Gasteiger partial charge in [0.1, 0.15) is 18.3 Å². The number of sulfonamides is 1. The third-order valence-electron chi connectivity index (χ3n) is 7.43. The van der Waals surface area contributed by atoms with Crippen LogP contribution in [0.15, 0.2) is 83.8 Å². The van der Waals surface area contributed by atoms with Crippen molar-refractivity contribution in [1.82, 2.24) is 10.2 Å². The number of hydrogen-bond donors (Lipinski definition) is 1. The van der Waals surface area contributed by atoms with Crippen LogP contribution >= 0.6 is 11.6 Å². The summed E-state index contributed by atoms with van der Waals surface area (Å²) in [7, 11) is -4.14. The molecular formula is C32H38ClN3O5S. The number of anilines is 1. The fourth-order valence-electron chi connectivity index (χ4n) is 5.22. The van der Waals surface area contributed by atoms with Gasteiger partial charge in [0.25, 0.3) is 10.0 Å². The molecule has 1 aliphatic rings. The second kappa shape index (κ2) is 14.6. The highest BCUT2D eigenvalue weighted by Crippen LogP contribution is 2.28. The molecule has 1 saturated carbocycles. The van der Waals surface area contributed by atoms with Crippen LogP contribution in [-0.4, -0.2) is 50.4 Å². The third-order valence-corrected chi connectivity index (χ3v) is 9.59. The van der Waals surface area contributed by atoms with Crippen molar-refractivity contribution >= 4 is 39.1 Å². The molecule has 1 fully saturated rings. The number of benzene rings is 3. The summed E-state index contributed by atoms with van der Waals surface area (Å²) >= 11 is 6.48. The number of halogens is 1. The smallest absolute Gasteiger partial charge is 0.264 e. The minimum Gasteiger partial charge on any atom is -0.494 e. The lowest BCUT2D eigenvalue weighted by Crippen LogP contribution is -2.53. The van der Waals surface area contributed by atoms with Crippen LogP contribution < -0.4 is 14.4 Å². The fraction of sp³-hybridized carbons (Fsp3) is 0.375. The lowest BCUT2D eigenvalue weighted by molar-refractivity contribution is -0.140. The van der Waals surface area contributed by atoms with Crippen molar-refractivity contribution in [3.05, 3.63) is 89.4 Å². The minimum atomic E-state index is -4.14. The van der Waals surface area contributed by atoms with Gasteiger partial charge in [0.15, 0.2) is 0 Å². The third kappa shape index (κ3) is 7.63. The maximum absolute atomic E-state index is 14.2. The Bertz CT molecular complexity index is 1440. The Kier molecular flexibility index (Phi) is 10.9. The standard InChI is InChI=1S/C32H38ClN3O5S/c1-3-30(32(38)34-25-13-9-10-14-25)35(22-24-12-8-11-17-29(24)33)31(37)23-36(26-18-20-27(21-19-26)41-4-2)42(39,40)28-15-6-5-7-16-28/h5-8,11-12,15-21,25,30H,3-4,9-10,13-14,22-23H2,1-2H3,(H,34,38). The van der Waals surface area contributed by atoms with Crippen molar-refractivity contribution in [2.45, 2.75) is 69.5 Å². The average Bonchev–Trinajstić information content (AvgIpc) is 3.51. The molecule has 4 rings (SSSR count). The number of nitrogens with zero attached hydrogens (tertiary/aromatic N) is 2. The van der Waals surface area contributed by atoms with Crippen molar-refractivity contribution in [2.75, 3.05) is 17.5 Å². The van der Waals surface area contributed by atoms with E-state index in [0.29, 0.717) is 35.1 Å². The van der Waals surface area contributed by atoms with Crippen molar-refractivity contribution < 1.29 is 22.7 Å². The zero-order valence-electron chi connectivity index (χ0n) is 24.0. The van der Waals surface area contributed by atoms with Gasteiger partial charge in [-0.1, -0.05) is 67.8 Å². The Balaban J connectivity index is 1.71. The molecule has 0 saturated heterocycles. The van der Waals surface area contributed by atoms with E-state index in [4.69, 9.17) is 16.3 Å². The molecule has 0 aromatic heterocycles. The van der Waals surface area contributed by atoms with Gasteiger partial charge in [-0.15, -0.1) is 0 Å². The maximum Gasteiger partial charge on any atom is 0.264 e. The van der Waals surface area contributed by atoms with E-state index in [0.717, 1.165) is 30.0 Å². The van der Waals surface area contributed by atoms with Crippen LogP contribution in [0.2, 0.25) is 5.02 Å². The van der Waals surface area contributed by atoms with Gasteiger partial charge in [0.2, 0.25) is 11.8 Å². The quantitative estimate of drug-likeness (QED) is 0.264. The van der Waals surface area contributed by atoms with Crippen LogP contribution in [0.3, 0.4) is 0 Å². The zero-order chi connectivity index (χ0) is 30.1. The maximum atomic E-state index is 14.2. The van der Waals surface area contributed by atoms with Gasteiger partial charge >= 0.3 is 0 Å². The van der Waals surface area contributed by atoms with Gasteiger partial charge in [0, 0.05) is 17.6 Å². The number of carbonyl (C=O) groups is 2. The summed E-state index contributed by atoms with van der Waals surface area (Å²) in [6, 6.07) is 20.9. The highest BCUT2D eigenvalue weighted by Gasteiger charge is 2.34. The second-order valence-corrected chi connectivity index (χ2v) is 12.5. The predicted molar refractivity (Wildman–Crippen MR) is 165 cm³/mol. The molecule has 0 radical (unpaired) electrons. The molecule has 8 nitrogen and oxygen atoms in total. The number of carbonyl (C=O) groups excluding carboxylic acids is 2. The van der Waals surface area contributed by atoms with Gasteiger partial charge in [-0.3, -0.25) is 13.9 Å². The van der Waals surface area contributed by atoms with Crippen molar-refractivity contribution in [1.29, 1.82) is 0 Å². The van der Waals surface area contributed by atoms with Crippen molar-refractivity contribution in [3.8, 4) is 5.75 Å². The Hall–Kier alpha value is -3.56. The highest BCUT2D eigenvalue weighted by molar-refractivity contribution is 7.92. The number of hydrogen-bond acceptors (Lipinski definition) is 5. The average molecular weight is 612 g/mol. The number of amides is 2. The normalized spacial score (nSPS) is 14.3. The van der Waals surface area contributed by atoms with Crippen LogP contribution in [0.25, 0.3) is 0 Å². The lowest BCUT2D eigenvalue weighted by Gasteiger charge is -2.34. The first kappa shape index (κ1) is 31.4. The Morgan fingerprint density at radius 3 is 2.21 bits per heavy atom. The zero-order valence-corrected chi connectivity index (χ0v) is 25.6. The topological polar surface area (TPSA) is 96.0 Å². The Morgan fingerprint density at radius 1 is 0.952 bits per heavy atom. The van der Waals surface area contributed by atoms with Crippen molar-refractivity contribution in [2.24, 2.45) is 0 Å². The molecule has 0 aliphatic heterocycles. The van der Waals surface area contributed by atoms with Crippen LogP contribution in [0.4, 0.5) is 5.69 Å². The fourth-order valence-corrected chi connectivity index (χ4v) is 6.85. The Labute approximate surface area is 253 Å². The van der Waals surface area contributed by atoms with Crippen LogP contribution in [-0.2, 0) is 26.2 Å². The van der Waals surface area contributed by atoms with Crippen molar-refractivity contribution in [3.63, 3.8) is 0 Å². The van der Waals surface area contributed by atoms with E-state index >= 15 is 0 Å². The number of ether oxygens (including phenoxy) is 1. The number of rotatable bonds is 13. The monoisotopic (exact) mass is 611 g/mol. The first-order valence-electron chi connectivity index (χ1n) is 14.4. The molecule has 224 valence electrons. The van der Waals surface area contributed by atoms with E-state index < -0.39 is 28.5 Å². The van der Waals surface area contributed by atoms with E-state index in [2.05, 4.69) is 5.32 Å². The summed E-state index contributed by atoms with van der Waals surface area (Å²) in [5.41, 5.74) is 0.968. The molecule has 0 spiro atoms.